The smallest absolute Gasteiger partial charge is 0.323 e. The van der Waals surface area contributed by atoms with Gasteiger partial charge in [0.15, 0.2) is 0 Å². The van der Waals surface area contributed by atoms with Gasteiger partial charge in [0.05, 0.1) is 12.7 Å². The second kappa shape index (κ2) is 5.13. The molecule has 96 valence electrons. The lowest BCUT2D eigenvalue weighted by atomic mass is 10.3. The molecule has 0 fully saturated rings. The van der Waals surface area contributed by atoms with Gasteiger partial charge in [0.1, 0.15) is 5.01 Å². The van der Waals surface area contributed by atoms with Crippen molar-refractivity contribution in [3.05, 3.63) is 23.0 Å². The summed E-state index contributed by atoms with van der Waals surface area (Å²) < 4.78 is 1.70. The number of aryl methyl sites for hydroxylation is 2. The van der Waals surface area contributed by atoms with Crippen LogP contribution in [0.15, 0.2) is 12.4 Å². The zero-order valence-electron chi connectivity index (χ0n) is 10.4. The average molecular weight is 266 g/mol. The topological polar surface area (TPSA) is 75.9 Å². The molecule has 0 aromatic carbocycles. The standard InChI is InChI=1S/C10H14N6OS/c1-7-13-14-9(18-7)12-10(17)15(2)5-8-4-11-16(3)6-8/h4,6H,5H2,1-3H3,(H,12,14,17). The van der Waals surface area contributed by atoms with E-state index in [0.717, 1.165) is 10.6 Å². The molecule has 7 nitrogen and oxygen atoms in total. The Bertz CT molecular complexity index is 548. The lowest BCUT2D eigenvalue weighted by Crippen LogP contribution is -2.30. The van der Waals surface area contributed by atoms with Crippen molar-refractivity contribution in [3.8, 4) is 0 Å². The maximum atomic E-state index is 11.9. The number of nitrogens with zero attached hydrogens (tertiary/aromatic N) is 5. The second-order valence-electron chi connectivity index (χ2n) is 3.93. The summed E-state index contributed by atoms with van der Waals surface area (Å²) in [5.74, 6) is 0. The molecule has 0 radical (unpaired) electrons. The number of hydrogen-bond donors (Lipinski definition) is 1. The summed E-state index contributed by atoms with van der Waals surface area (Å²) in [6.07, 6.45) is 3.61. The summed E-state index contributed by atoms with van der Waals surface area (Å²) >= 11 is 1.35. The predicted molar refractivity (Wildman–Crippen MR) is 68.3 cm³/mol. The molecular formula is C10H14N6OS. The molecule has 2 aromatic rings. The predicted octanol–water partition coefficient (Wildman–Crippen LogP) is 1.24. The van der Waals surface area contributed by atoms with Crippen LogP contribution < -0.4 is 5.32 Å². The molecule has 0 aliphatic carbocycles. The van der Waals surface area contributed by atoms with E-state index in [1.54, 1.807) is 22.8 Å². The Labute approximate surface area is 108 Å². The van der Waals surface area contributed by atoms with Gasteiger partial charge >= 0.3 is 6.03 Å². The zero-order chi connectivity index (χ0) is 13.1. The first-order chi connectivity index (χ1) is 8.54. The Morgan fingerprint density at radius 2 is 2.33 bits per heavy atom. The summed E-state index contributed by atoms with van der Waals surface area (Å²) in [5, 5.41) is 15.8. The van der Waals surface area contributed by atoms with Gasteiger partial charge in [0, 0.05) is 25.9 Å². The SMILES string of the molecule is Cc1nnc(NC(=O)N(C)Cc2cnn(C)c2)s1. The van der Waals surface area contributed by atoms with Gasteiger partial charge in [-0.1, -0.05) is 11.3 Å². The van der Waals surface area contributed by atoms with Gasteiger partial charge in [-0.05, 0) is 6.92 Å². The first-order valence-corrected chi connectivity index (χ1v) is 6.16. The van der Waals surface area contributed by atoms with Crippen LogP contribution in [0.4, 0.5) is 9.93 Å². The molecule has 18 heavy (non-hydrogen) atoms. The average Bonchev–Trinajstić information content (AvgIpc) is 2.88. The number of anilines is 1. The fourth-order valence-electron chi connectivity index (χ4n) is 1.43. The molecular weight excluding hydrogens is 252 g/mol. The summed E-state index contributed by atoms with van der Waals surface area (Å²) in [5.41, 5.74) is 0.976. The normalized spacial score (nSPS) is 10.4. The maximum absolute atomic E-state index is 11.9. The highest BCUT2D eigenvalue weighted by atomic mass is 32.1. The van der Waals surface area contributed by atoms with Crippen molar-refractivity contribution < 1.29 is 4.79 Å². The molecule has 0 aliphatic rings. The number of hydrogen-bond acceptors (Lipinski definition) is 5. The number of urea groups is 1. The van der Waals surface area contributed by atoms with Crippen LogP contribution >= 0.6 is 11.3 Å². The highest BCUT2D eigenvalue weighted by Gasteiger charge is 2.12. The molecule has 2 rings (SSSR count). The highest BCUT2D eigenvalue weighted by Crippen LogP contribution is 2.14. The Morgan fingerprint density at radius 1 is 1.56 bits per heavy atom. The highest BCUT2D eigenvalue weighted by molar-refractivity contribution is 7.15. The molecule has 0 unspecified atom stereocenters. The molecule has 0 saturated carbocycles. The molecule has 0 aliphatic heterocycles. The number of aromatic nitrogens is 4. The minimum atomic E-state index is -0.213. The third kappa shape index (κ3) is 3.04. The van der Waals surface area contributed by atoms with Crippen LogP contribution in [0.1, 0.15) is 10.6 Å². The van der Waals surface area contributed by atoms with E-state index in [2.05, 4.69) is 20.6 Å². The van der Waals surface area contributed by atoms with E-state index in [4.69, 9.17) is 0 Å². The number of nitrogens with one attached hydrogen (secondary N) is 1. The van der Waals surface area contributed by atoms with Gasteiger partial charge in [-0.25, -0.2) is 4.79 Å². The van der Waals surface area contributed by atoms with E-state index in [-0.39, 0.29) is 6.03 Å². The molecule has 0 bridgehead atoms. The van der Waals surface area contributed by atoms with E-state index in [0.29, 0.717) is 11.7 Å². The molecule has 0 saturated heterocycles. The van der Waals surface area contributed by atoms with E-state index < -0.39 is 0 Å². The fraction of sp³-hybridized carbons (Fsp3) is 0.400. The largest absolute Gasteiger partial charge is 0.323 e. The van der Waals surface area contributed by atoms with Gasteiger partial charge in [0.2, 0.25) is 5.13 Å². The Kier molecular flexibility index (Phi) is 3.56. The first-order valence-electron chi connectivity index (χ1n) is 5.34. The van der Waals surface area contributed by atoms with Crippen LogP contribution in [0.25, 0.3) is 0 Å². The van der Waals surface area contributed by atoms with E-state index in [1.807, 2.05) is 20.2 Å². The molecule has 8 heteroatoms. The third-order valence-electron chi connectivity index (χ3n) is 2.26. The monoisotopic (exact) mass is 266 g/mol. The maximum Gasteiger partial charge on any atom is 0.323 e. The minimum absolute atomic E-state index is 0.213. The van der Waals surface area contributed by atoms with E-state index >= 15 is 0 Å². The van der Waals surface area contributed by atoms with Crippen molar-refractivity contribution in [1.82, 2.24) is 24.9 Å². The fourth-order valence-corrected chi connectivity index (χ4v) is 2.01. The van der Waals surface area contributed by atoms with Crippen LogP contribution in [0.2, 0.25) is 0 Å². The number of amides is 2. The molecule has 2 heterocycles. The first kappa shape index (κ1) is 12.5. The van der Waals surface area contributed by atoms with Crippen molar-refractivity contribution in [2.75, 3.05) is 12.4 Å². The van der Waals surface area contributed by atoms with Crippen molar-refractivity contribution in [2.45, 2.75) is 13.5 Å². The Hall–Kier alpha value is -1.96. The van der Waals surface area contributed by atoms with Gasteiger partial charge in [-0.15, -0.1) is 10.2 Å². The summed E-state index contributed by atoms with van der Waals surface area (Å²) in [7, 11) is 3.56. The van der Waals surface area contributed by atoms with Crippen LogP contribution in [-0.2, 0) is 13.6 Å². The van der Waals surface area contributed by atoms with Gasteiger partial charge in [-0.2, -0.15) is 5.10 Å². The summed E-state index contributed by atoms with van der Waals surface area (Å²) in [6.45, 7) is 2.34. The van der Waals surface area contributed by atoms with Crippen molar-refractivity contribution in [3.63, 3.8) is 0 Å². The van der Waals surface area contributed by atoms with Crippen LogP contribution in [-0.4, -0.2) is 38.0 Å². The lowest BCUT2D eigenvalue weighted by molar-refractivity contribution is 0.220. The molecule has 2 amide bonds. The van der Waals surface area contributed by atoms with Gasteiger partial charge in [-0.3, -0.25) is 10.00 Å². The third-order valence-corrected chi connectivity index (χ3v) is 3.02. The molecule has 0 spiro atoms. The molecule has 2 aromatic heterocycles. The zero-order valence-corrected chi connectivity index (χ0v) is 11.2. The summed E-state index contributed by atoms with van der Waals surface area (Å²) in [6, 6.07) is -0.213. The second-order valence-corrected chi connectivity index (χ2v) is 5.12. The number of rotatable bonds is 3. The van der Waals surface area contributed by atoms with E-state index in [9.17, 15) is 4.79 Å². The quantitative estimate of drug-likeness (QED) is 0.907. The van der Waals surface area contributed by atoms with Gasteiger partial charge < -0.3 is 4.90 Å². The molecule has 1 N–H and O–H groups in total. The van der Waals surface area contributed by atoms with Crippen LogP contribution in [0, 0.1) is 6.92 Å². The van der Waals surface area contributed by atoms with E-state index in [1.165, 1.54) is 11.3 Å². The Morgan fingerprint density at radius 3 is 2.89 bits per heavy atom. The van der Waals surface area contributed by atoms with Crippen LogP contribution in [0.5, 0.6) is 0 Å². The van der Waals surface area contributed by atoms with Crippen molar-refractivity contribution in [2.24, 2.45) is 7.05 Å². The van der Waals surface area contributed by atoms with Gasteiger partial charge in [0.25, 0.3) is 0 Å². The number of carbonyl (C=O) groups is 1. The van der Waals surface area contributed by atoms with Crippen molar-refractivity contribution in [1.29, 1.82) is 0 Å². The van der Waals surface area contributed by atoms with Crippen LogP contribution in [0.3, 0.4) is 0 Å². The number of carbonyl (C=O) groups excluding carboxylic acids is 1. The van der Waals surface area contributed by atoms with Crippen molar-refractivity contribution >= 4 is 22.5 Å². The minimum Gasteiger partial charge on any atom is -0.323 e. The molecule has 0 atom stereocenters. The lowest BCUT2D eigenvalue weighted by Gasteiger charge is -2.15. The Balaban J connectivity index is 1.92. The summed E-state index contributed by atoms with van der Waals surface area (Å²) in [4.78, 5) is 13.4.